The first-order chi connectivity index (χ1) is 11.4. The van der Waals surface area contributed by atoms with Crippen molar-refractivity contribution in [1.82, 2.24) is 4.98 Å². The number of ketones is 1. The summed E-state index contributed by atoms with van der Waals surface area (Å²) in [6.45, 7) is 2.85. The SMILES string of the molecule is CC(=O)C=C(C)O.Fc1c[c-]c(-c2nccc3occc23)c(F)c1.[Ir]. The minimum absolute atomic E-state index is 0. The Balaban J connectivity index is 0.000000339. The van der Waals surface area contributed by atoms with Gasteiger partial charge in [0.05, 0.1) is 12.0 Å². The Morgan fingerprint density at radius 2 is 2.04 bits per heavy atom. The molecule has 0 spiro atoms. The van der Waals surface area contributed by atoms with Gasteiger partial charge in [0, 0.05) is 55.1 Å². The number of aromatic nitrogens is 1. The molecule has 7 heteroatoms. The summed E-state index contributed by atoms with van der Waals surface area (Å²) in [7, 11) is 0. The molecule has 3 rings (SSSR count). The molecule has 0 aliphatic heterocycles. The van der Waals surface area contributed by atoms with E-state index in [2.05, 4.69) is 11.1 Å². The van der Waals surface area contributed by atoms with E-state index < -0.39 is 11.6 Å². The van der Waals surface area contributed by atoms with Gasteiger partial charge in [0.2, 0.25) is 0 Å². The van der Waals surface area contributed by atoms with Crippen LogP contribution >= 0.6 is 0 Å². The third kappa shape index (κ3) is 5.58. The molecule has 0 amide bonds. The maximum atomic E-state index is 13.6. The van der Waals surface area contributed by atoms with Gasteiger partial charge >= 0.3 is 0 Å². The number of aliphatic hydroxyl groups excluding tert-OH is 1. The zero-order valence-corrected chi connectivity index (χ0v) is 15.7. The quantitative estimate of drug-likeness (QED) is 0.304. The number of rotatable bonds is 2. The molecule has 133 valence electrons. The van der Waals surface area contributed by atoms with E-state index in [9.17, 15) is 13.6 Å². The summed E-state index contributed by atoms with van der Waals surface area (Å²) in [6, 6.07) is 7.81. The summed E-state index contributed by atoms with van der Waals surface area (Å²) >= 11 is 0. The largest absolute Gasteiger partial charge is 0.512 e. The van der Waals surface area contributed by atoms with E-state index in [1.807, 2.05) is 0 Å². The third-order valence-electron chi connectivity index (χ3n) is 2.89. The van der Waals surface area contributed by atoms with E-state index in [0.29, 0.717) is 16.7 Å². The van der Waals surface area contributed by atoms with Crippen molar-refractivity contribution in [2.75, 3.05) is 0 Å². The molecule has 0 atom stereocenters. The zero-order valence-electron chi connectivity index (χ0n) is 13.3. The van der Waals surface area contributed by atoms with Crippen LogP contribution in [0.25, 0.3) is 22.2 Å². The molecule has 0 aliphatic carbocycles. The van der Waals surface area contributed by atoms with Crippen LogP contribution in [0.4, 0.5) is 8.78 Å². The Morgan fingerprint density at radius 1 is 1.32 bits per heavy atom. The Labute approximate surface area is 156 Å². The molecule has 0 bridgehead atoms. The fourth-order valence-electron chi connectivity index (χ4n) is 2.01. The molecule has 1 N–H and O–H groups in total. The zero-order chi connectivity index (χ0) is 17.7. The first-order valence-electron chi connectivity index (χ1n) is 6.95. The normalized spacial score (nSPS) is 10.6. The number of allylic oxidation sites excluding steroid dienone is 2. The smallest absolute Gasteiger partial charge is 0.155 e. The van der Waals surface area contributed by atoms with Crippen LogP contribution in [0.5, 0.6) is 0 Å². The van der Waals surface area contributed by atoms with Crippen LogP contribution in [0, 0.1) is 17.7 Å². The average Bonchev–Trinajstić information content (AvgIpc) is 2.95. The van der Waals surface area contributed by atoms with Crippen molar-refractivity contribution in [1.29, 1.82) is 0 Å². The second kappa shape index (κ2) is 9.20. The van der Waals surface area contributed by atoms with Gasteiger partial charge in [0.15, 0.2) is 5.78 Å². The van der Waals surface area contributed by atoms with Crippen LogP contribution in [0.2, 0.25) is 0 Å². The topological polar surface area (TPSA) is 63.3 Å². The van der Waals surface area contributed by atoms with Gasteiger partial charge in [-0.15, -0.1) is 12.1 Å². The second-order valence-electron chi connectivity index (χ2n) is 4.93. The van der Waals surface area contributed by atoms with E-state index >= 15 is 0 Å². The molecule has 2 aromatic heterocycles. The van der Waals surface area contributed by atoms with Crippen LogP contribution in [-0.2, 0) is 24.9 Å². The molecular formula is C18H14F2IrNO3-. The number of carbonyl (C=O) groups excluding carboxylic acids is 1. The number of nitrogens with zero attached hydrogens (tertiary/aromatic N) is 1. The minimum atomic E-state index is -0.689. The molecule has 3 aromatic rings. The number of fused-ring (bicyclic) bond motifs is 1. The molecule has 2 heterocycles. The molecule has 1 radical (unpaired) electrons. The fraction of sp³-hybridized carbons (Fsp3) is 0.111. The van der Waals surface area contributed by atoms with Crippen LogP contribution in [-0.4, -0.2) is 15.9 Å². The summed E-state index contributed by atoms with van der Waals surface area (Å²) in [5, 5.41) is 9.04. The average molecular weight is 523 g/mol. The number of hydrogen-bond donors (Lipinski definition) is 1. The van der Waals surface area contributed by atoms with Crippen molar-refractivity contribution in [2.24, 2.45) is 0 Å². The van der Waals surface area contributed by atoms with E-state index in [1.165, 1.54) is 32.4 Å². The number of benzene rings is 1. The molecule has 0 fully saturated rings. The molecule has 0 aliphatic rings. The number of hydrogen-bond acceptors (Lipinski definition) is 4. The Kier molecular flexibility index (Phi) is 7.61. The van der Waals surface area contributed by atoms with Crippen molar-refractivity contribution in [3.63, 3.8) is 0 Å². The van der Waals surface area contributed by atoms with Gasteiger partial charge in [0.25, 0.3) is 0 Å². The third-order valence-corrected chi connectivity index (χ3v) is 2.89. The van der Waals surface area contributed by atoms with Crippen molar-refractivity contribution >= 4 is 16.8 Å². The monoisotopic (exact) mass is 523 g/mol. The predicted molar refractivity (Wildman–Crippen MR) is 85.3 cm³/mol. The standard InChI is InChI=1S/C13H6F2NO.C5H8O2.Ir/c14-8-1-2-9(11(15)7-8)13-10-4-6-17-12(10)3-5-16-13;1-4(6)3-5(2)7;/h1,3-7H;3,6H,1-2H3;/q-1;;. The minimum Gasteiger partial charge on any atom is -0.512 e. The van der Waals surface area contributed by atoms with Crippen LogP contribution in [0.15, 0.2) is 53.0 Å². The van der Waals surface area contributed by atoms with Gasteiger partial charge < -0.3 is 14.5 Å². The summed E-state index contributed by atoms with van der Waals surface area (Å²) in [5.41, 5.74) is 1.14. The Bertz CT molecular complexity index is 902. The van der Waals surface area contributed by atoms with E-state index in [1.54, 1.807) is 12.1 Å². The van der Waals surface area contributed by atoms with Crippen molar-refractivity contribution < 1.29 is 43.2 Å². The van der Waals surface area contributed by atoms with Gasteiger partial charge in [-0.1, -0.05) is 11.6 Å². The molecule has 1 aromatic carbocycles. The van der Waals surface area contributed by atoms with Crippen LogP contribution < -0.4 is 0 Å². The van der Waals surface area contributed by atoms with E-state index in [0.717, 1.165) is 12.1 Å². The number of carbonyl (C=O) groups is 1. The van der Waals surface area contributed by atoms with Crippen molar-refractivity contribution in [2.45, 2.75) is 13.8 Å². The fourth-order valence-corrected chi connectivity index (χ4v) is 2.01. The van der Waals surface area contributed by atoms with Crippen molar-refractivity contribution in [3.05, 3.63) is 66.3 Å². The predicted octanol–water partition coefficient (Wildman–Crippen LogP) is 4.61. The second-order valence-corrected chi connectivity index (χ2v) is 4.93. The maximum absolute atomic E-state index is 13.6. The van der Waals surface area contributed by atoms with Crippen LogP contribution in [0.1, 0.15) is 13.8 Å². The van der Waals surface area contributed by atoms with Crippen LogP contribution in [0.3, 0.4) is 0 Å². The molecule has 0 saturated heterocycles. The van der Waals surface area contributed by atoms with Gasteiger partial charge in [-0.2, -0.15) is 0 Å². The molecule has 4 nitrogen and oxygen atoms in total. The Morgan fingerprint density at radius 3 is 2.60 bits per heavy atom. The van der Waals surface area contributed by atoms with Gasteiger partial charge in [-0.05, 0) is 26.0 Å². The van der Waals surface area contributed by atoms with Gasteiger partial charge in [-0.25, -0.2) is 0 Å². The molecule has 0 unspecified atom stereocenters. The van der Waals surface area contributed by atoms with Gasteiger partial charge in [0.1, 0.15) is 5.58 Å². The maximum Gasteiger partial charge on any atom is 0.155 e. The number of furan rings is 1. The number of halogens is 2. The summed E-state index contributed by atoms with van der Waals surface area (Å²) in [5.74, 6) is -1.41. The first kappa shape index (κ1) is 20.7. The van der Waals surface area contributed by atoms with Crippen molar-refractivity contribution in [3.8, 4) is 11.3 Å². The van der Waals surface area contributed by atoms with Gasteiger partial charge in [-0.3, -0.25) is 13.6 Å². The summed E-state index contributed by atoms with van der Waals surface area (Å²) in [4.78, 5) is 14.1. The molecular weight excluding hydrogens is 508 g/mol. The van der Waals surface area contributed by atoms with E-state index in [4.69, 9.17) is 9.52 Å². The number of pyridine rings is 1. The Hall–Kier alpha value is -2.37. The summed E-state index contributed by atoms with van der Waals surface area (Å²) < 4.78 is 31.6. The molecule has 25 heavy (non-hydrogen) atoms. The number of aliphatic hydroxyl groups is 1. The van der Waals surface area contributed by atoms with E-state index in [-0.39, 0.29) is 37.2 Å². The first-order valence-corrected chi connectivity index (χ1v) is 6.95. The molecule has 0 saturated carbocycles. The summed E-state index contributed by atoms with van der Waals surface area (Å²) in [6.07, 6.45) is 4.18.